The third-order valence-electron chi connectivity index (χ3n) is 3.55. The van der Waals surface area contributed by atoms with Gasteiger partial charge in [-0.2, -0.15) is 0 Å². The minimum Gasteiger partial charge on any atom is -0.462 e. The Bertz CT molecular complexity index is 919. The number of H-pyrrole nitrogens is 1. The maximum atomic E-state index is 11.9. The van der Waals surface area contributed by atoms with Gasteiger partial charge in [0.05, 0.1) is 12.8 Å². The Kier molecular flexibility index (Phi) is 4.89. The van der Waals surface area contributed by atoms with E-state index in [1.54, 1.807) is 6.92 Å². The van der Waals surface area contributed by atoms with Crippen LogP contribution in [0.15, 0.2) is 65.6 Å². The number of hydrogen-bond donors (Lipinski definition) is 2. The Morgan fingerprint density at radius 2 is 1.76 bits per heavy atom. The Morgan fingerprint density at radius 3 is 2.40 bits per heavy atom. The van der Waals surface area contributed by atoms with Gasteiger partial charge in [-0.15, -0.1) is 0 Å². The smallest absolute Gasteiger partial charge is 0.345 e. The number of ether oxygens (including phenoxy) is 1. The molecule has 6 nitrogen and oxygen atoms in total. The van der Waals surface area contributed by atoms with E-state index in [2.05, 4.69) is 15.3 Å². The van der Waals surface area contributed by atoms with Gasteiger partial charge < -0.3 is 10.1 Å². The molecule has 0 amide bonds. The van der Waals surface area contributed by atoms with Crippen LogP contribution in [0.1, 0.15) is 17.3 Å². The van der Waals surface area contributed by atoms with Crippen LogP contribution in [0.3, 0.4) is 0 Å². The molecule has 0 aliphatic rings. The van der Waals surface area contributed by atoms with Crippen molar-refractivity contribution >= 4 is 17.6 Å². The van der Waals surface area contributed by atoms with Crippen molar-refractivity contribution in [2.45, 2.75) is 6.92 Å². The molecule has 3 rings (SSSR count). The van der Waals surface area contributed by atoms with Crippen molar-refractivity contribution < 1.29 is 9.53 Å². The molecule has 0 bridgehead atoms. The first kappa shape index (κ1) is 16.4. The van der Waals surface area contributed by atoms with Crippen molar-refractivity contribution in [3.63, 3.8) is 0 Å². The highest BCUT2D eigenvalue weighted by Gasteiger charge is 2.12. The number of nitrogens with one attached hydrogen (secondary N) is 2. The molecular weight excluding hydrogens is 318 g/mol. The fraction of sp³-hybridized carbons (Fsp3) is 0.105. The van der Waals surface area contributed by atoms with E-state index < -0.39 is 11.5 Å². The zero-order valence-electron chi connectivity index (χ0n) is 13.7. The van der Waals surface area contributed by atoms with E-state index in [-0.39, 0.29) is 18.1 Å². The lowest BCUT2D eigenvalue weighted by atomic mass is 10.1. The quantitative estimate of drug-likeness (QED) is 0.699. The minimum absolute atomic E-state index is 0.119. The van der Waals surface area contributed by atoms with Crippen molar-refractivity contribution in [3.8, 4) is 11.1 Å². The Balaban J connectivity index is 1.75. The summed E-state index contributed by atoms with van der Waals surface area (Å²) in [4.78, 5) is 30.1. The number of aromatic amines is 1. The summed E-state index contributed by atoms with van der Waals surface area (Å²) in [7, 11) is 0. The largest absolute Gasteiger partial charge is 0.462 e. The lowest BCUT2D eigenvalue weighted by Gasteiger charge is -2.07. The molecule has 1 aromatic heterocycles. The molecule has 0 fully saturated rings. The molecule has 1 heterocycles. The van der Waals surface area contributed by atoms with Crippen molar-refractivity contribution in [3.05, 3.63) is 76.7 Å². The topological polar surface area (TPSA) is 84.1 Å². The second kappa shape index (κ2) is 7.44. The molecule has 6 heteroatoms. The van der Waals surface area contributed by atoms with Crippen LogP contribution < -0.4 is 10.9 Å². The molecule has 2 aromatic carbocycles. The first-order chi connectivity index (χ1) is 12.2. The zero-order valence-corrected chi connectivity index (χ0v) is 13.7. The molecule has 0 radical (unpaired) electrons. The van der Waals surface area contributed by atoms with Crippen LogP contribution in [0.5, 0.6) is 0 Å². The highest BCUT2D eigenvalue weighted by molar-refractivity contribution is 5.88. The summed E-state index contributed by atoms with van der Waals surface area (Å²) >= 11 is 0. The van der Waals surface area contributed by atoms with Gasteiger partial charge in [-0.05, 0) is 30.2 Å². The van der Waals surface area contributed by atoms with Gasteiger partial charge >= 0.3 is 5.97 Å². The number of carbonyl (C=O) groups is 1. The van der Waals surface area contributed by atoms with E-state index in [1.165, 1.54) is 6.20 Å². The first-order valence-corrected chi connectivity index (χ1v) is 7.86. The average Bonchev–Trinajstić information content (AvgIpc) is 2.63. The molecule has 0 aliphatic carbocycles. The minimum atomic E-state index is -0.685. The Labute approximate surface area is 144 Å². The van der Waals surface area contributed by atoms with E-state index in [9.17, 15) is 9.59 Å². The number of hydrogen-bond acceptors (Lipinski definition) is 5. The Morgan fingerprint density at radius 1 is 1.08 bits per heavy atom. The van der Waals surface area contributed by atoms with E-state index in [4.69, 9.17) is 4.74 Å². The van der Waals surface area contributed by atoms with Crippen molar-refractivity contribution in [2.75, 3.05) is 11.9 Å². The van der Waals surface area contributed by atoms with Gasteiger partial charge in [0, 0.05) is 5.69 Å². The highest BCUT2D eigenvalue weighted by Crippen LogP contribution is 2.21. The predicted octanol–water partition coefficient (Wildman–Crippen LogP) is 3.36. The summed E-state index contributed by atoms with van der Waals surface area (Å²) in [6.45, 7) is 1.88. The summed E-state index contributed by atoms with van der Waals surface area (Å²) < 4.78 is 4.80. The van der Waals surface area contributed by atoms with Gasteiger partial charge in [0.1, 0.15) is 5.56 Å². The molecule has 3 aromatic rings. The average molecular weight is 335 g/mol. The molecule has 25 heavy (non-hydrogen) atoms. The van der Waals surface area contributed by atoms with Crippen molar-refractivity contribution in [2.24, 2.45) is 0 Å². The van der Waals surface area contributed by atoms with Gasteiger partial charge in [0.25, 0.3) is 5.56 Å². The monoisotopic (exact) mass is 335 g/mol. The maximum Gasteiger partial charge on any atom is 0.345 e. The number of rotatable bonds is 5. The third-order valence-corrected chi connectivity index (χ3v) is 3.55. The van der Waals surface area contributed by atoms with Gasteiger partial charge in [0.2, 0.25) is 5.95 Å². The number of carbonyl (C=O) groups excluding carboxylic acids is 1. The maximum absolute atomic E-state index is 11.9. The van der Waals surface area contributed by atoms with Gasteiger partial charge in [-0.25, -0.2) is 9.78 Å². The lowest BCUT2D eigenvalue weighted by molar-refractivity contribution is 0.0524. The molecule has 2 N–H and O–H groups in total. The molecule has 126 valence electrons. The van der Waals surface area contributed by atoms with Crippen LogP contribution in [0, 0.1) is 0 Å². The molecule has 0 saturated heterocycles. The number of esters is 1. The van der Waals surface area contributed by atoms with Crippen molar-refractivity contribution in [1.29, 1.82) is 0 Å². The molecule has 0 atom stereocenters. The van der Waals surface area contributed by atoms with Crippen molar-refractivity contribution in [1.82, 2.24) is 9.97 Å². The second-order valence-electron chi connectivity index (χ2n) is 5.26. The SMILES string of the molecule is CCOC(=O)c1cnc(Nc2ccc(-c3ccccc3)cc2)[nH]c1=O. The predicted molar refractivity (Wildman–Crippen MR) is 96.0 cm³/mol. The van der Waals surface area contributed by atoms with Crippen LogP contribution in [0.2, 0.25) is 0 Å². The first-order valence-electron chi connectivity index (χ1n) is 7.86. The van der Waals surface area contributed by atoms with Gasteiger partial charge in [-0.1, -0.05) is 42.5 Å². The summed E-state index contributed by atoms with van der Waals surface area (Å²) in [5.41, 5.74) is 2.32. The lowest BCUT2D eigenvalue weighted by Crippen LogP contribution is -2.21. The van der Waals surface area contributed by atoms with E-state index in [0.29, 0.717) is 0 Å². The van der Waals surface area contributed by atoms with Crippen LogP contribution in [-0.2, 0) is 4.74 Å². The fourth-order valence-corrected chi connectivity index (χ4v) is 2.33. The van der Waals surface area contributed by atoms with E-state index in [0.717, 1.165) is 16.8 Å². The van der Waals surface area contributed by atoms with Gasteiger partial charge in [-0.3, -0.25) is 9.78 Å². The Hall–Kier alpha value is -3.41. The van der Waals surface area contributed by atoms with Crippen LogP contribution >= 0.6 is 0 Å². The molecule has 0 spiro atoms. The highest BCUT2D eigenvalue weighted by atomic mass is 16.5. The van der Waals surface area contributed by atoms with Crippen LogP contribution in [0.4, 0.5) is 11.6 Å². The molecule has 0 saturated carbocycles. The third kappa shape index (κ3) is 3.92. The van der Waals surface area contributed by atoms with Crippen LogP contribution in [-0.4, -0.2) is 22.5 Å². The fourth-order valence-electron chi connectivity index (χ4n) is 2.33. The van der Waals surface area contributed by atoms with Crippen LogP contribution in [0.25, 0.3) is 11.1 Å². The number of nitrogens with zero attached hydrogens (tertiary/aromatic N) is 1. The van der Waals surface area contributed by atoms with E-state index in [1.807, 2.05) is 54.6 Å². The molecule has 0 aliphatic heterocycles. The standard InChI is InChI=1S/C19H17N3O3/c1-2-25-18(24)16-12-20-19(22-17(16)23)21-15-10-8-14(9-11-15)13-6-4-3-5-7-13/h3-12H,2H2,1H3,(H2,20,21,22,23). The summed E-state index contributed by atoms with van der Waals surface area (Å²) in [5.74, 6) is -0.430. The summed E-state index contributed by atoms with van der Waals surface area (Å²) in [6, 6.07) is 17.8. The number of aromatic nitrogens is 2. The molecular formula is C19H17N3O3. The summed E-state index contributed by atoms with van der Waals surface area (Å²) in [5, 5.41) is 3.00. The number of benzene rings is 2. The zero-order chi connectivity index (χ0) is 17.6. The summed E-state index contributed by atoms with van der Waals surface area (Å²) in [6.07, 6.45) is 1.21. The normalized spacial score (nSPS) is 10.3. The number of anilines is 2. The van der Waals surface area contributed by atoms with Gasteiger partial charge in [0.15, 0.2) is 0 Å². The molecule has 0 unspecified atom stereocenters. The van der Waals surface area contributed by atoms with E-state index >= 15 is 0 Å². The second-order valence-corrected chi connectivity index (χ2v) is 5.26.